The molecule has 1 aromatic carbocycles. The van der Waals surface area contributed by atoms with E-state index in [-0.39, 0.29) is 24.5 Å². The van der Waals surface area contributed by atoms with Crippen LogP contribution < -0.4 is 15.8 Å². The predicted molar refractivity (Wildman–Crippen MR) is 108 cm³/mol. The van der Waals surface area contributed by atoms with Crippen LogP contribution >= 0.6 is 0 Å². The van der Waals surface area contributed by atoms with Gasteiger partial charge in [0.2, 0.25) is 5.95 Å². The Hall–Kier alpha value is -2.87. The topological polar surface area (TPSA) is 111 Å². The number of nitrogens with zero attached hydrogens (tertiary/aromatic N) is 4. The van der Waals surface area contributed by atoms with Crippen molar-refractivity contribution >= 4 is 22.8 Å². The van der Waals surface area contributed by atoms with Gasteiger partial charge in [-0.25, -0.2) is 4.98 Å². The van der Waals surface area contributed by atoms with Gasteiger partial charge in [-0.3, -0.25) is 4.68 Å². The molecule has 3 aromatic rings. The molecule has 2 heterocycles. The maximum atomic E-state index is 9.70. The van der Waals surface area contributed by atoms with Crippen molar-refractivity contribution < 1.29 is 9.84 Å². The van der Waals surface area contributed by atoms with Crippen LogP contribution in [-0.2, 0) is 6.54 Å². The third-order valence-corrected chi connectivity index (χ3v) is 5.42. The molecule has 0 aliphatic heterocycles. The van der Waals surface area contributed by atoms with Crippen molar-refractivity contribution in [2.24, 2.45) is 5.92 Å². The molecule has 0 spiro atoms. The zero-order valence-electron chi connectivity index (χ0n) is 16.0. The Morgan fingerprint density at radius 1 is 1.25 bits per heavy atom. The van der Waals surface area contributed by atoms with Crippen LogP contribution in [0.4, 0.5) is 11.8 Å². The summed E-state index contributed by atoms with van der Waals surface area (Å²) in [4.78, 5) is 8.73. The molecule has 0 saturated heterocycles. The van der Waals surface area contributed by atoms with Gasteiger partial charge < -0.3 is 20.9 Å². The number of hydrogen-bond acceptors (Lipinski definition) is 7. The van der Waals surface area contributed by atoms with Crippen LogP contribution in [-0.4, -0.2) is 44.6 Å². The summed E-state index contributed by atoms with van der Waals surface area (Å²) >= 11 is 0. The first-order valence-corrected chi connectivity index (χ1v) is 9.68. The summed E-state index contributed by atoms with van der Waals surface area (Å²) in [5, 5.41) is 17.9. The molecular formula is C20H26N6O2. The molecule has 8 heteroatoms. The van der Waals surface area contributed by atoms with Gasteiger partial charge in [-0.05, 0) is 18.9 Å². The first-order valence-electron chi connectivity index (χ1n) is 9.68. The van der Waals surface area contributed by atoms with Gasteiger partial charge in [0, 0.05) is 24.1 Å². The Labute approximate surface area is 163 Å². The van der Waals surface area contributed by atoms with Crippen LogP contribution in [0.15, 0.2) is 30.5 Å². The Bertz CT molecular complexity index is 957. The molecule has 0 bridgehead atoms. The van der Waals surface area contributed by atoms with Crippen molar-refractivity contribution in [2.75, 3.05) is 24.8 Å². The van der Waals surface area contributed by atoms with Gasteiger partial charge in [-0.15, -0.1) is 0 Å². The number of fused-ring (bicyclic) bond motifs is 1. The third kappa shape index (κ3) is 3.73. The highest BCUT2D eigenvalue weighted by atomic mass is 16.5. The molecule has 2 aromatic heterocycles. The molecule has 0 amide bonds. The number of anilines is 2. The summed E-state index contributed by atoms with van der Waals surface area (Å²) in [5.74, 6) is 1.88. The summed E-state index contributed by atoms with van der Waals surface area (Å²) in [5.41, 5.74) is 8.35. The second-order valence-corrected chi connectivity index (χ2v) is 7.28. The van der Waals surface area contributed by atoms with E-state index in [0.717, 1.165) is 37.0 Å². The van der Waals surface area contributed by atoms with E-state index in [4.69, 9.17) is 15.6 Å². The Morgan fingerprint density at radius 3 is 2.89 bits per heavy atom. The second-order valence-electron chi connectivity index (χ2n) is 7.28. The van der Waals surface area contributed by atoms with Crippen LogP contribution in [0.5, 0.6) is 5.75 Å². The first kappa shape index (κ1) is 18.5. The number of nitrogens with two attached hydrogens (primary N) is 1. The zero-order valence-corrected chi connectivity index (χ0v) is 16.0. The minimum Gasteiger partial charge on any atom is -0.496 e. The molecule has 4 N–H and O–H groups in total. The molecule has 148 valence electrons. The van der Waals surface area contributed by atoms with Crippen molar-refractivity contribution in [3.05, 3.63) is 36.0 Å². The van der Waals surface area contributed by atoms with E-state index in [1.54, 1.807) is 7.11 Å². The highest BCUT2D eigenvalue weighted by Gasteiger charge is 2.26. The summed E-state index contributed by atoms with van der Waals surface area (Å²) in [7, 11) is 1.66. The van der Waals surface area contributed by atoms with Crippen molar-refractivity contribution in [3.63, 3.8) is 0 Å². The van der Waals surface area contributed by atoms with Crippen LogP contribution in [0.3, 0.4) is 0 Å². The molecule has 2 atom stereocenters. The summed E-state index contributed by atoms with van der Waals surface area (Å²) < 4.78 is 7.26. The summed E-state index contributed by atoms with van der Waals surface area (Å²) in [6.45, 7) is 0.728. The molecule has 28 heavy (non-hydrogen) atoms. The fourth-order valence-corrected chi connectivity index (χ4v) is 3.96. The lowest BCUT2D eigenvalue weighted by Crippen LogP contribution is -2.34. The van der Waals surface area contributed by atoms with E-state index in [9.17, 15) is 5.11 Å². The number of benzene rings is 1. The van der Waals surface area contributed by atoms with E-state index in [1.807, 2.05) is 35.1 Å². The van der Waals surface area contributed by atoms with E-state index < -0.39 is 0 Å². The van der Waals surface area contributed by atoms with Gasteiger partial charge in [0.1, 0.15) is 11.3 Å². The highest BCUT2D eigenvalue weighted by Crippen LogP contribution is 2.29. The Kier molecular flexibility index (Phi) is 5.29. The zero-order chi connectivity index (χ0) is 19.5. The third-order valence-electron chi connectivity index (χ3n) is 5.42. The quantitative estimate of drug-likeness (QED) is 0.600. The number of nitrogen functional groups attached to an aromatic ring is 1. The number of aromatic nitrogens is 4. The van der Waals surface area contributed by atoms with E-state index >= 15 is 0 Å². The standard InChI is InChI=1S/C20H26N6O2/c1-28-17-9-5-3-6-13(17)10-26-11-16-18(25-26)19(24-20(21)23-16)22-15-8-4-2-7-14(15)12-27/h3,5-6,9,11,14-15,27H,2,4,7-8,10,12H2,1H3,(H3,21,22,23,24)/t14-,15-/m1/s1. The number of methoxy groups -OCH3 is 1. The summed E-state index contributed by atoms with van der Waals surface area (Å²) in [6.07, 6.45) is 6.17. The molecule has 1 aliphatic rings. The van der Waals surface area contributed by atoms with Crippen molar-refractivity contribution in [3.8, 4) is 5.75 Å². The number of ether oxygens (including phenoxy) is 1. The predicted octanol–water partition coefficient (Wildman–Crippen LogP) is 2.43. The van der Waals surface area contributed by atoms with Gasteiger partial charge in [0.15, 0.2) is 11.3 Å². The largest absolute Gasteiger partial charge is 0.496 e. The number of aliphatic hydroxyl groups is 1. The SMILES string of the molecule is COc1ccccc1Cn1cc2nc(N)nc(N[C@@H]3CCCC[C@@H]3CO)c2n1. The normalized spacial score (nSPS) is 19.6. The van der Waals surface area contributed by atoms with Crippen molar-refractivity contribution in [1.29, 1.82) is 0 Å². The Morgan fingerprint density at radius 2 is 2.07 bits per heavy atom. The lowest BCUT2D eigenvalue weighted by Gasteiger charge is -2.31. The monoisotopic (exact) mass is 382 g/mol. The number of nitrogens with one attached hydrogen (secondary N) is 1. The molecule has 4 rings (SSSR count). The fourth-order valence-electron chi connectivity index (χ4n) is 3.96. The van der Waals surface area contributed by atoms with Crippen LogP contribution in [0, 0.1) is 5.92 Å². The highest BCUT2D eigenvalue weighted by molar-refractivity contribution is 5.86. The smallest absolute Gasteiger partial charge is 0.222 e. The van der Waals surface area contributed by atoms with E-state index in [1.165, 1.54) is 0 Å². The van der Waals surface area contributed by atoms with E-state index in [0.29, 0.717) is 23.4 Å². The van der Waals surface area contributed by atoms with Gasteiger partial charge in [-0.1, -0.05) is 31.0 Å². The number of aliphatic hydroxyl groups excluding tert-OH is 1. The van der Waals surface area contributed by atoms with Gasteiger partial charge in [0.05, 0.1) is 19.9 Å². The average Bonchev–Trinajstić information content (AvgIpc) is 3.11. The lowest BCUT2D eigenvalue weighted by atomic mass is 9.85. The average molecular weight is 382 g/mol. The van der Waals surface area contributed by atoms with Gasteiger partial charge >= 0.3 is 0 Å². The van der Waals surface area contributed by atoms with Crippen LogP contribution in [0.25, 0.3) is 11.0 Å². The van der Waals surface area contributed by atoms with Crippen LogP contribution in [0.2, 0.25) is 0 Å². The number of hydrogen-bond donors (Lipinski definition) is 3. The molecule has 1 fully saturated rings. The van der Waals surface area contributed by atoms with Crippen LogP contribution in [0.1, 0.15) is 31.2 Å². The molecular weight excluding hydrogens is 356 g/mol. The van der Waals surface area contributed by atoms with Gasteiger partial charge in [0.25, 0.3) is 0 Å². The van der Waals surface area contributed by atoms with E-state index in [2.05, 4.69) is 15.3 Å². The molecule has 0 unspecified atom stereocenters. The summed E-state index contributed by atoms with van der Waals surface area (Å²) in [6, 6.07) is 8.03. The molecule has 8 nitrogen and oxygen atoms in total. The van der Waals surface area contributed by atoms with Crippen molar-refractivity contribution in [2.45, 2.75) is 38.3 Å². The minimum absolute atomic E-state index is 0.163. The molecule has 1 aliphatic carbocycles. The lowest BCUT2D eigenvalue weighted by molar-refractivity contribution is 0.178. The second kappa shape index (κ2) is 8.02. The first-order chi connectivity index (χ1) is 13.7. The molecule has 1 saturated carbocycles. The minimum atomic E-state index is 0.163. The maximum Gasteiger partial charge on any atom is 0.222 e. The van der Waals surface area contributed by atoms with Gasteiger partial charge in [-0.2, -0.15) is 10.1 Å². The molecule has 0 radical (unpaired) electrons. The van der Waals surface area contributed by atoms with Crippen molar-refractivity contribution in [1.82, 2.24) is 19.7 Å². The Balaban J connectivity index is 1.64. The number of para-hydroxylation sites is 1. The maximum absolute atomic E-state index is 9.70. The fraction of sp³-hybridized carbons (Fsp3) is 0.450. The number of rotatable bonds is 6.